The largest absolute Gasteiger partial charge is 0.489 e. The number of carboxylic acid groups (broad SMARTS) is 1. The highest BCUT2D eigenvalue weighted by molar-refractivity contribution is 6.33. The van der Waals surface area contributed by atoms with Crippen LogP contribution in [0.4, 0.5) is 0 Å². The summed E-state index contributed by atoms with van der Waals surface area (Å²) in [4.78, 5) is 16.1. The fraction of sp³-hybridized carbons (Fsp3) is 0.394. The van der Waals surface area contributed by atoms with Gasteiger partial charge in [-0.1, -0.05) is 62.7 Å². The first-order valence-electron chi connectivity index (χ1n) is 13.6. The van der Waals surface area contributed by atoms with E-state index >= 15 is 0 Å². The van der Waals surface area contributed by atoms with E-state index in [0.29, 0.717) is 17.5 Å². The zero-order valence-electron chi connectivity index (χ0n) is 23.7. The molecular formula is C33H36ClNO5. The van der Waals surface area contributed by atoms with Crippen LogP contribution in [-0.2, 0) is 28.0 Å². The highest BCUT2D eigenvalue weighted by Gasteiger charge is 2.49. The topological polar surface area (TPSA) is 77.9 Å². The molecule has 5 rings (SSSR count). The molecule has 40 heavy (non-hydrogen) atoms. The summed E-state index contributed by atoms with van der Waals surface area (Å²) in [7, 11) is 3.31. The van der Waals surface area contributed by atoms with Crippen LogP contribution >= 0.6 is 11.6 Å². The molecule has 1 aromatic heterocycles. The van der Waals surface area contributed by atoms with E-state index in [1.165, 1.54) is 5.56 Å². The van der Waals surface area contributed by atoms with Gasteiger partial charge in [0.05, 0.1) is 30.4 Å². The van der Waals surface area contributed by atoms with Gasteiger partial charge in [-0.15, -0.1) is 0 Å². The Labute approximate surface area is 241 Å². The lowest BCUT2D eigenvalue weighted by atomic mass is 9.57. The first kappa shape index (κ1) is 28.2. The Morgan fingerprint density at radius 2 is 1.95 bits per heavy atom. The minimum atomic E-state index is -0.771. The molecule has 6 nitrogen and oxygen atoms in total. The molecule has 7 heteroatoms. The van der Waals surface area contributed by atoms with Gasteiger partial charge in [-0.25, -0.2) is 4.98 Å². The Morgan fingerprint density at radius 1 is 1.15 bits per heavy atom. The van der Waals surface area contributed by atoms with Crippen LogP contribution in [0.5, 0.6) is 11.6 Å². The Balaban J connectivity index is 1.47. The van der Waals surface area contributed by atoms with Gasteiger partial charge in [0.2, 0.25) is 5.88 Å². The van der Waals surface area contributed by atoms with Crippen LogP contribution in [-0.4, -0.2) is 30.3 Å². The fourth-order valence-corrected chi connectivity index (χ4v) is 6.45. The van der Waals surface area contributed by atoms with Crippen molar-refractivity contribution in [2.45, 2.75) is 58.2 Å². The molecule has 0 fully saturated rings. The third kappa shape index (κ3) is 5.11. The minimum Gasteiger partial charge on any atom is -0.489 e. The maximum Gasteiger partial charge on any atom is 0.311 e. The highest BCUT2D eigenvalue weighted by Crippen LogP contribution is 2.51. The number of carbonyl (C=O) groups is 1. The summed E-state index contributed by atoms with van der Waals surface area (Å²) in [5, 5.41) is 10.3. The number of aryl methyl sites for hydroxylation is 1. The normalized spacial score (nSPS) is 20.5. The van der Waals surface area contributed by atoms with Crippen LogP contribution in [0, 0.1) is 11.3 Å². The highest BCUT2D eigenvalue weighted by atomic mass is 35.5. The van der Waals surface area contributed by atoms with E-state index in [9.17, 15) is 9.90 Å². The molecular weight excluding hydrogens is 526 g/mol. The number of aliphatic carboxylic acids is 1. The SMILES string of the molecule is COc1cc(-c2ccc(COc3ccc4c(c3)[C@]3(C=C[C@@H]3C(=O)O)CCC4)cc2[C@@H](OC)C(C)(C)C)c(Cl)cn1. The van der Waals surface area contributed by atoms with Gasteiger partial charge in [-0.2, -0.15) is 0 Å². The van der Waals surface area contributed by atoms with Crippen LogP contribution < -0.4 is 9.47 Å². The number of halogens is 1. The van der Waals surface area contributed by atoms with Crippen LogP contribution in [0.2, 0.25) is 5.02 Å². The molecule has 210 valence electrons. The fourth-order valence-electron chi connectivity index (χ4n) is 6.24. The Morgan fingerprint density at radius 3 is 2.60 bits per heavy atom. The van der Waals surface area contributed by atoms with Crippen molar-refractivity contribution in [3.63, 3.8) is 0 Å². The van der Waals surface area contributed by atoms with Crippen molar-refractivity contribution in [3.8, 4) is 22.8 Å². The molecule has 0 saturated heterocycles. The van der Waals surface area contributed by atoms with Crippen molar-refractivity contribution in [1.29, 1.82) is 0 Å². The van der Waals surface area contributed by atoms with E-state index in [1.807, 2.05) is 30.3 Å². The van der Waals surface area contributed by atoms with Crippen molar-refractivity contribution >= 4 is 17.6 Å². The van der Waals surface area contributed by atoms with Gasteiger partial charge in [0.1, 0.15) is 12.4 Å². The second-order valence-corrected chi connectivity index (χ2v) is 12.2. The number of fused-ring (bicyclic) bond motifs is 2. The third-order valence-electron chi connectivity index (χ3n) is 8.18. The van der Waals surface area contributed by atoms with E-state index < -0.39 is 17.3 Å². The Hall–Kier alpha value is -3.35. The summed E-state index contributed by atoms with van der Waals surface area (Å²) in [6, 6.07) is 14.2. The summed E-state index contributed by atoms with van der Waals surface area (Å²) >= 11 is 6.61. The van der Waals surface area contributed by atoms with E-state index in [4.69, 9.17) is 25.8 Å². The minimum absolute atomic E-state index is 0.184. The molecule has 0 amide bonds. The summed E-state index contributed by atoms with van der Waals surface area (Å²) in [5.74, 6) is -0.0399. The average molecular weight is 562 g/mol. The van der Waals surface area contributed by atoms with Crippen LogP contribution in [0.1, 0.15) is 62.0 Å². The molecule has 1 spiro atoms. The molecule has 2 aliphatic carbocycles. The van der Waals surface area contributed by atoms with Gasteiger partial charge in [-0.3, -0.25) is 4.79 Å². The number of aromatic nitrogens is 1. The zero-order valence-corrected chi connectivity index (χ0v) is 24.4. The van der Waals surface area contributed by atoms with Crippen molar-refractivity contribution < 1.29 is 24.1 Å². The Kier molecular flexibility index (Phi) is 7.68. The third-order valence-corrected chi connectivity index (χ3v) is 8.48. The van der Waals surface area contributed by atoms with Gasteiger partial charge >= 0.3 is 5.97 Å². The lowest BCUT2D eigenvalue weighted by molar-refractivity contribution is -0.142. The zero-order chi connectivity index (χ0) is 28.7. The van der Waals surface area contributed by atoms with Gasteiger partial charge < -0.3 is 19.3 Å². The van der Waals surface area contributed by atoms with E-state index in [-0.39, 0.29) is 11.5 Å². The first-order chi connectivity index (χ1) is 19.1. The molecule has 1 N–H and O–H groups in total. The molecule has 3 aromatic rings. The van der Waals surface area contributed by atoms with Crippen molar-refractivity contribution in [2.24, 2.45) is 11.3 Å². The number of hydrogen-bond donors (Lipinski definition) is 1. The van der Waals surface area contributed by atoms with Crippen LogP contribution in [0.3, 0.4) is 0 Å². The van der Waals surface area contributed by atoms with E-state index in [1.54, 1.807) is 26.5 Å². The predicted molar refractivity (Wildman–Crippen MR) is 156 cm³/mol. The number of ether oxygens (including phenoxy) is 3. The van der Waals surface area contributed by atoms with Crippen molar-refractivity contribution in [2.75, 3.05) is 14.2 Å². The second-order valence-electron chi connectivity index (χ2n) is 11.8. The molecule has 0 radical (unpaired) electrons. The van der Waals surface area contributed by atoms with Gasteiger partial charge in [0, 0.05) is 24.2 Å². The molecule has 0 bridgehead atoms. The number of hydrogen-bond acceptors (Lipinski definition) is 5. The number of pyridine rings is 1. The molecule has 0 aliphatic heterocycles. The number of methoxy groups -OCH3 is 2. The monoisotopic (exact) mass is 561 g/mol. The van der Waals surface area contributed by atoms with Gasteiger partial charge in [-0.05, 0) is 70.7 Å². The lowest BCUT2D eigenvalue weighted by Gasteiger charge is -2.45. The molecule has 2 aromatic carbocycles. The van der Waals surface area contributed by atoms with Crippen molar-refractivity contribution in [1.82, 2.24) is 4.98 Å². The lowest BCUT2D eigenvalue weighted by Crippen LogP contribution is -2.45. The summed E-state index contributed by atoms with van der Waals surface area (Å²) in [5.41, 5.74) is 5.43. The summed E-state index contributed by atoms with van der Waals surface area (Å²) in [6.07, 6.45) is 8.04. The number of allylic oxidation sites excluding steroid dienone is 1. The quantitative estimate of drug-likeness (QED) is 0.286. The molecule has 0 unspecified atom stereocenters. The number of benzene rings is 2. The standard InChI is InChI=1S/C33H36ClNO5/c1-32(2,3)30(39-5)25-15-20(8-11-23(25)24-17-29(38-4)35-18-28(24)34)19-40-22-10-9-21-7-6-13-33(27(21)16-22)14-12-26(33)31(36)37/h8-12,14-18,26,30H,6-7,13,19H2,1-5H3,(H,36,37)/t26-,30-,33+/m1/s1. The number of nitrogens with zero attached hydrogens (tertiary/aromatic N) is 1. The molecule has 2 aliphatic rings. The van der Waals surface area contributed by atoms with Crippen molar-refractivity contribution in [3.05, 3.63) is 88.1 Å². The maximum atomic E-state index is 11.9. The average Bonchev–Trinajstić information content (AvgIpc) is 2.90. The van der Waals surface area contributed by atoms with E-state index in [0.717, 1.165) is 52.8 Å². The molecule has 3 atom stereocenters. The first-order valence-corrected chi connectivity index (χ1v) is 14.0. The number of carboxylic acids is 1. The smallest absolute Gasteiger partial charge is 0.311 e. The summed E-state index contributed by atoms with van der Waals surface area (Å²) in [6.45, 7) is 6.78. The maximum absolute atomic E-state index is 11.9. The van der Waals surface area contributed by atoms with E-state index in [2.05, 4.69) is 44.0 Å². The molecule has 1 heterocycles. The summed E-state index contributed by atoms with van der Waals surface area (Å²) < 4.78 is 17.7. The second kappa shape index (κ2) is 10.9. The predicted octanol–water partition coefficient (Wildman–Crippen LogP) is 7.57. The molecule has 0 saturated carbocycles. The van der Waals surface area contributed by atoms with Crippen LogP contribution in [0.25, 0.3) is 11.1 Å². The Bertz CT molecular complexity index is 1460. The van der Waals surface area contributed by atoms with Gasteiger partial charge in [0.15, 0.2) is 0 Å². The van der Waals surface area contributed by atoms with Gasteiger partial charge in [0.25, 0.3) is 0 Å². The van der Waals surface area contributed by atoms with Crippen LogP contribution in [0.15, 0.2) is 60.8 Å². The number of rotatable bonds is 8.